The molecular formula is C14H19N4+. The van der Waals surface area contributed by atoms with Gasteiger partial charge >= 0.3 is 0 Å². The molecule has 2 rings (SSSR count). The SMILES string of the molecule is CC(C)c1ccc[n+](CC(C)c2cncnc2)n1. The zero-order valence-corrected chi connectivity index (χ0v) is 11.1. The molecule has 0 N–H and O–H groups in total. The normalized spacial score (nSPS) is 12.7. The molecule has 0 saturated heterocycles. The van der Waals surface area contributed by atoms with Crippen LogP contribution in [-0.2, 0) is 6.54 Å². The molecule has 0 aliphatic rings. The first-order valence-corrected chi connectivity index (χ1v) is 6.28. The predicted molar refractivity (Wildman–Crippen MR) is 69.0 cm³/mol. The van der Waals surface area contributed by atoms with Gasteiger partial charge in [0.15, 0.2) is 12.7 Å². The number of hydrogen-bond donors (Lipinski definition) is 0. The highest BCUT2D eigenvalue weighted by Crippen LogP contribution is 2.12. The van der Waals surface area contributed by atoms with Crippen LogP contribution in [0.1, 0.15) is 43.9 Å². The van der Waals surface area contributed by atoms with Crippen molar-refractivity contribution < 1.29 is 4.68 Å². The summed E-state index contributed by atoms with van der Waals surface area (Å²) < 4.78 is 1.99. The van der Waals surface area contributed by atoms with Gasteiger partial charge in [0.1, 0.15) is 12.0 Å². The Morgan fingerprint density at radius 1 is 1.17 bits per heavy atom. The Morgan fingerprint density at radius 2 is 1.89 bits per heavy atom. The van der Waals surface area contributed by atoms with E-state index in [1.165, 1.54) is 0 Å². The van der Waals surface area contributed by atoms with Crippen LogP contribution in [0.15, 0.2) is 37.1 Å². The molecule has 2 aromatic heterocycles. The fraction of sp³-hybridized carbons (Fsp3) is 0.429. The topological polar surface area (TPSA) is 42.5 Å². The van der Waals surface area contributed by atoms with Crippen molar-refractivity contribution in [2.45, 2.75) is 39.2 Å². The molecule has 4 heteroatoms. The second kappa shape index (κ2) is 5.67. The summed E-state index contributed by atoms with van der Waals surface area (Å²) in [7, 11) is 0. The number of hydrogen-bond acceptors (Lipinski definition) is 3. The number of rotatable bonds is 4. The van der Waals surface area contributed by atoms with Gasteiger partial charge in [0, 0.05) is 30.3 Å². The van der Waals surface area contributed by atoms with Crippen molar-refractivity contribution in [1.29, 1.82) is 0 Å². The minimum Gasteiger partial charge on any atom is -0.245 e. The van der Waals surface area contributed by atoms with E-state index in [2.05, 4.69) is 48.0 Å². The third-order valence-electron chi connectivity index (χ3n) is 2.97. The molecule has 18 heavy (non-hydrogen) atoms. The van der Waals surface area contributed by atoms with Crippen LogP contribution in [0.5, 0.6) is 0 Å². The molecule has 0 aliphatic heterocycles. The van der Waals surface area contributed by atoms with Crippen molar-refractivity contribution in [3.8, 4) is 0 Å². The van der Waals surface area contributed by atoms with E-state index in [-0.39, 0.29) is 0 Å². The summed E-state index contributed by atoms with van der Waals surface area (Å²) in [5.41, 5.74) is 2.26. The Morgan fingerprint density at radius 3 is 2.56 bits per heavy atom. The van der Waals surface area contributed by atoms with Gasteiger partial charge in [0.25, 0.3) is 0 Å². The van der Waals surface area contributed by atoms with Crippen molar-refractivity contribution in [1.82, 2.24) is 15.1 Å². The molecule has 0 saturated carbocycles. The van der Waals surface area contributed by atoms with Crippen LogP contribution in [0, 0.1) is 0 Å². The molecule has 1 atom stereocenters. The van der Waals surface area contributed by atoms with Crippen molar-refractivity contribution in [2.75, 3.05) is 0 Å². The summed E-state index contributed by atoms with van der Waals surface area (Å²) in [4.78, 5) is 8.10. The zero-order chi connectivity index (χ0) is 13.0. The van der Waals surface area contributed by atoms with Gasteiger partial charge < -0.3 is 0 Å². The quantitative estimate of drug-likeness (QED) is 0.772. The first-order valence-electron chi connectivity index (χ1n) is 6.28. The van der Waals surface area contributed by atoms with Gasteiger partial charge in [-0.3, -0.25) is 0 Å². The fourth-order valence-corrected chi connectivity index (χ4v) is 1.82. The largest absolute Gasteiger partial charge is 0.245 e. The van der Waals surface area contributed by atoms with Gasteiger partial charge in [-0.2, -0.15) is 0 Å². The van der Waals surface area contributed by atoms with E-state index in [0.717, 1.165) is 17.8 Å². The van der Waals surface area contributed by atoms with Gasteiger partial charge in [-0.25, -0.2) is 9.97 Å². The predicted octanol–water partition coefficient (Wildman–Crippen LogP) is 2.09. The number of aromatic nitrogens is 4. The van der Waals surface area contributed by atoms with Crippen LogP contribution >= 0.6 is 0 Å². The van der Waals surface area contributed by atoms with Gasteiger partial charge in [0.2, 0.25) is 0 Å². The molecule has 4 nitrogen and oxygen atoms in total. The molecule has 0 amide bonds. The molecule has 0 bridgehead atoms. The van der Waals surface area contributed by atoms with Crippen molar-refractivity contribution in [3.63, 3.8) is 0 Å². The van der Waals surface area contributed by atoms with E-state index in [0.29, 0.717) is 11.8 Å². The van der Waals surface area contributed by atoms with Gasteiger partial charge in [-0.15, -0.1) is 0 Å². The Kier molecular flexibility index (Phi) is 3.97. The second-order valence-electron chi connectivity index (χ2n) is 4.88. The van der Waals surface area contributed by atoms with E-state index >= 15 is 0 Å². The van der Waals surface area contributed by atoms with Crippen molar-refractivity contribution >= 4 is 0 Å². The maximum absolute atomic E-state index is 4.61. The van der Waals surface area contributed by atoms with E-state index in [4.69, 9.17) is 0 Å². The standard InChI is InChI=1S/C14H19N4/c1-11(2)14-5-4-6-18(17-14)9-12(3)13-7-15-10-16-8-13/h4-8,10-12H,9H2,1-3H3/q+1. The smallest absolute Gasteiger partial charge is 0.196 e. The lowest BCUT2D eigenvalue weighted by atomic mass is 10.1. The van der Waals surface area contributed by atoms with E-state index in [1.54, 1.807) is 6.33 Å². The average molecular weight is 243 g/mol. The van der Waals surface area contributed by atoms with Gasteiger partial charge in [-0.05, 0) is 16.7 Å². The van der Waals surface area contributed by atoms with E-state index in [9.17, 15) is 0 Å². The highest BCUT2D eigenvalue weighted by Gasteiger charge is 2.14. The third-order valence-corrected chi connectivity index (χ3v) is 2.97. The minimum absolute atomic E-state index is 0.353. The molecule has 0 aliphatic carbocycles. The molecule has 0 aromatic carbocycles. The van der Waals surface area contributed by atoms with Crippen LogP contribution in [-0.4, -0.2) is 15.1 Å². The fourth-order valence-electron chi connectivity index (χ4n) is 1.82. The lowest BCUT2D eigenvalue weighted by Crippen LogP contribution is -2.40. The molecule has 0 spiro atoms. The molecule has 0 fully saturated rings. The molecule has 0 radical (unpaired) electrons. The van der Waals surface area contributed by atoms with Gasteiger partial charge in [0.05, 0.1) is 0 Å². The van der Waals surface area contributed by atoms with Crippen LogP contribution in [0.25, 0.3) is 0 Å². The van der Waals surface area contributed by atoms with Crippen LogP contribution in [0.2, 0.25) is 0 Å². The van der Waals surface area contributed by atoms with Crippen LogP contribution in [0.4, 0.5) is 0 Å². The summed E-state index contributed by atoms with van der Waals surface area (Å²) in [6.45, 7) is 7.31. The average Bonchev–Trinajstić information content (AvgIpc) is 2.40. The van der Waals surface area contributed by atoms with Crippen LogP contribution < -0.4 is 4.68 Å². The highest BCUT2D eigenvalue weighted by molar-refractivity contribution is 5.07. The summed E-state index contributed by atoms with van der Waals surface area (Å²) >= 11 is 0. The lowest BCUT2D eigenvalue weighted by Gasteiger charge is -2.07. The first kappa shape index (κ1) is 12.6. The second-order valence-corrected chi connectivity index (χ2v) is 4.88. The Bertz CT molecular complexity index is 496. The Labute approximate surface area is 108 Å². The van der Waals surface area contributed by atoms with Crippen molar-refractivity contribution in [3.05, 3.63) is 48.3 Å². The minimum atomic E-state index is 0.353. The zero-order valence-electron chi connectivity index (χ0n) is 11.1. The Balaban J connectivity index is 2.12. The molecule has 2 heterocycles. The molecule has 2 aromatic rings. The molecule has 94 valence electrons. The van der Waals surface area contributed by atoms with E-state index in [1.807, 2.05) is 23.3 Å². The highest BCUT2D eigenvalue weighted by atomic mass is 15.3. The van der Waals surface area contributed by atoms with Crippen LogP contribution in [0.3, 0.4) is 0 Å². The summed E-state index contributed by atoms with van der Waals surface area (Å²) in [5.74, 6) is 0.805. The molecule has 1 unspecified atom stereocenters. The Hall–Kier alpha value is -1.84. The first-order chi connectivity index (χ1) is 8.66. The van der Waals surface area contributed by atoms with Gasteiger partial charge in [-0.1, -0.05) is 25.5 Å². The van der Waals surface area contributed by atoms with E-state index < -0.39 is 0 Å². The summed E-state index contributed by atoms with van der Waals surface area (Å²) in [5, 5.41) is 4.61. The molecular weight excluding hydrogens is 224 g/mol. The maximum Gasteiger partial charge on any atom is 0.196 e. The monoisotopic (exact) mass is 243 g/mol. The summed E-state index contributed by atoms with van der Waals surface area (Å²) in [6, 6.07) is 4.12. The summed E-state index contributed by atoms with van der Waals surface area (Å²) in [6.07, 6.45) is 7.29. The maximum atomic E-state index is 4.61. The van der Waals surface area contributed by atoms with Crippen molar-refractivity contribution in [2.24, 2.45) is 0 Å². The lowest BCUT2D eigenvalue weighted by molar-refractivity contribution is -0.756. The third kappa shape index (κ3) is 3.09. The number of nitrogens with zero attached hydrogens (tertiary/aromatic N) is 4.